The van der Waals surface area contributed by atoms with Gasteiger partial charge in [0.2, 0.25) is 0 Å². The molecule has 0 aliphatic carbocycles. The third-order valence-corrected chi connectivity index (χ3v) is 5.31. The summed E-state index contributed by atoms with van der Waals surface area (Å²) < 4.78 is 6.91. The molecule has 138 valence electrons. The Morgan fingerprint density at radius 2 is 1.81 bits per heavy atom. The third-order valence-electron chi connectivity index (χ3n) is 4.78. The quantitative estimate of drug-likeness (QED) is 0.742. The second-order valence-electron chi connectivity index (χ2n) is 7.57. The van der Waals surface area contributed by atoms with Gasteiger partial charge in [0, 0.05) is 10.9 Å². The third kappa shape index (κ3) is 3.94. The SMILES string of the molecule is C[C@@H](c1ccc(Br)cc1)N1CC(CC(C)(C)O)(c2ccccc2)OC1=O. The summed E-state index contributed by atoms with van der Waals surface area (Å²) in [4.78, 5) is 14.5. The van der Waals surface area contributed by atoms with Crippen molar-refractivity contribution in [3.8, 4) is 0 Å². The van der Waals surface area contributed by atoms with Crippen molar-refractivity contribution in [2.75, 3.05) is 6.54 Å². The molecule has 0 saturated carbocycles. The highest BCUT2D eigenvalue weighted by molar-refractivity contribution is 9.10. The second kappa shape index (κ2) is 7.05. The zero-order valence-corrected chi connectivity index (χ0v) is 16.9. The van der Waals surface area contributed by atoms with E-state index >= 15 is 0 Å². The molecule has 3 rings (SSSR count). The summed E-state index contributed by atoms with van der Waals surface area (Å²) in [6.07, 6.45) is -0.0206. The monoisotopic (exact) mass is 417 g/mol. The van der Waals surface area contributed by atoms with Gasteiger partial charge in [0.1, 0.15) is 0 Å². The number of carbonyl (C=O) groups excluding carboxylic acids is 1. The molecule has 2 atom stereocenters. The van der Waals surface area contributed by atoms with Crippen LogP contribution in [0.1, 0.15) is 44.4 Å². The van der Waals surface area contributed by atoms with Gasteiger partial charge in [0.15, 0.2) is 5.60 Å². The van der Waals surface area contributed by atoms with E-state index in [4.69, 9.17) is 4.74 Å². The zero-order valence-electron chi connectivity index (χ0n) is 15.3. The van der Waals surface area contributed by atoms with E-state index in [0.717, 1.165) is 15.6 Å². The van der Waals surface area contributed by atoms with Crippen LogP contribution in [0, 0.1) is 0 Å². The molecule has 1 aliphatic rings. The molecule has 1 N–H and O–H groups in total. The highest BCUT2D eigenvalue weighted by atomic mass is 79.9. The van der Waals surface area contributed by atoms with E-state index in [0.29, 0.717) is 13.0 Å². The molecule has 1 amide bonds. The molecule has 1 aliphatic heterocycles. The van der Waals surface area contributed by atoms with Crippen LogP contribution in [-0.2, 0) is 10.3 Å². The van der Waals surface area contributed by atoms with E-state index in [1.165, 1.54) is 0 Å². The van der Waals surface area contributed by atoms with Crippen molar-refractivity contribution in [2.24, 2.45) is 0 Å². The minimum atomic E-state index is -0.965. The molecule has 1 heterocycles. The van der Waals surface area contributed by atoms with E-state index < -0.39 is 11.2 Å². The zero-order chi connectivity index (χ0) is 18.9. The van der Waals surface area contributed by atoms with Crippen molar-refractivity contribution in [1.29, 1.82) is 0 Å². The fraction of sp³-hybridized carbons (Fsp3) is 0.381. The van der Waals surface area contributed by atoms with Gasteiger partial charge in [-0.1, -0.05) is 58.4 Å². The van der Waals surface area contributed by atoms with Crippen LogP contribution in [0.5, 0.6) is 0 Å². The molecule has 1 unspecified atom stereocenters. The van der Waals surface area contributed by atoms with E-state index in [1.54, 1.807) is 18.7 Å². The molecule has 26 heavy (non-hydrogen) atoms. The number of hydrogen-bond acceptors (Lipinski definition) is 3. The molecule has 4 nitrogen and oxygen atoms in total. The first-order chi connectivity index (χ1) is 12.2. The molecule has 5 heteroatoms. The van der Waals surface area contributed by atoms with Crippen molar-refractivity contribution < 1.29 is 14.6 Å². The Labute approximate surface area is 162 Å². The van der Waals surface area contributed by atoms with Gasteiger partial charge in [0.05, 0.1) is 18.2 Å². The lowest BCUT2D eigenvalue weighted by atomic mass is 9.83. The smallest absolute Gasteiger partial charge is 0.411 e. The molecule has 0 bridgehead atoms. The standard InChI is InChI=1S/C21H24BrNO3/c1-15(16-9-11-18(22)12-10-16)23-14-21(26-19(23)24,13-20(2,3)25)17-7-5-4-6-8-17/h4-12,15,25H,13-14H2,1-3H3/t15-,21?/m0/s1. The van der Waals surface area contributed by atoms with E-state index in [9.17, 15) is 9.90 Å². The van der Waals surface area contributed by atoms with Crippen LogP contribution in [0.15, 0.2) is 59.1 Å². The van der Waals surface area contributed by atoms with Crippen LogP contribution in [0.3, 0.4) is 0 Å². The van der Waals surface area contributed by atoms with E-state index in [-0.39, 0.29) is 12.1 Å². The van der Waals surface area contributed by atoms with E-state index in [1.807, 2.05) is 61.5 Å². The molecule has 1 fully saturated rings. The van der Waals surface area contributed by atoms with Gasteiger partial charge in [-0.05, 0) is 44.0 Å². The van der Waals surface area contributed by atoms with Gasteiger partial charge >= 0.3 is 6.09 Å². The number of carbonyl (C=O) groups is 1. The maximum absolute atomic E-state index is 12.7. The summed E-state index contributed by atoms with van der Waals surface area (Å²) in [6, 6.07) is 17.5. The van der Waals surface area contributed by atoms with Gasteiger partial charge in [-0.3, -0.25) is 4.90 Å². The number of ether oxygens (including phenoxy) is 1. The first kappa shape index (κ1) is 18.9. The minimum absolute atomic E-state index is 0.122. The maximum Gasteiger partial charge on any atom is 0.411 e. The second-order valence-corrected chi connectivity index (χ2v) is 8.49. The minimum Gasteiger partial charge on any atom is -0.436 e. The number of cyclic esters (lactones) is 1. The summed E-state index contributed by atoms with van der Waals surface area (Å²) >= 11 is 3.44. The Morgan fingerprint density at radius 3 is 2.38 bits per heavy atom. The lowest BCUT2D eigenvalue weighted by molar-refractivity contribution is -0.0327. The van der Waals surface area contributed by atoms with Crippen LogP contribution in [0.2, 0.25) is 0 Å². The largest absolute Gasteiger partial charge is 0.436 e. The first-order valence-corrected chi connectivity index (χ1v) is 9.52. The molecular formula is C21H24BrNO3. The average Bonchev–Trinajstić information content (AvgIpc) is 2.91. The highest BCUT2D eigenvalue weighted by Gasteiger charge is 2.50. The Balaban J connectivity index is 1.94. The van der Waals surface area contributed by atoms with Gasteiger partial charge < -0.3 is 9.84 Å². The van der Waals surface area contributed by atoms with Gasteiger partial charge in [-0.15, -0.1) is 0 Å². The van der Waals surface area contributed by atoms with Crippen molar-refractivity contribution in [3.63, 3.8) is 0 Å². The average molecular weight is 418 g/mol. The number of benzene rings is 2. The van der Waals surface area contributed by atoms with Crippen LogP contribution in [-0.4, -0.2) is 28.2 Å². The Hall–Kier alpha value is -1.85. The Bertz CT molecular complexity index is 770. The Morgan fingerprint density at radius 1 is 1.19 bits per heavy atom. The van der Waals surface area contributed by atoms with Crippen molar-refractivity contribution in [2.45, 2.75) is 44.4 Å². The van der Waals surface area contributed by atoms with Crippen LogP contribution >= 0.6 is 15.9 Å². The summed E-state index contributed by atoms with van der Waals surface area (Å²) in [6.45, 7) is 5.88. The topological polar surface area (TPSA) is 49.8 Å². The highest BCUT2D eigenvalue weighted by Crippen LogP contribution is 2.42. The summed E-state index contributed by atoms with van der Waals surface area (Å²) in [5.41, 5.74) is 0.117. The number of aliphatic hydroxyl groups is 1. The van der Waals surface area contributed by atoms with Gasteiger partial charge in [-0.25, -0.2) is 4.79 Å². The van der Waals surface area contributed by atoms with Crippen molar-refractivity contribution in [3.05, 3.63) is 70.2 Å². The van der Waals surface area contributed by atoms with E-state index in [2.05, 4.69) is 15.9 Å². The predicted octanol–water partition coefficient (Wildman–Crippen LogP) is 5.02. The number of rotatable bonds is 5. The number of halogens is 1. The summed E-state index contributed by atoms with van der Waals surface area (Å²) in [5.74, 6) is 0. The molecule has 0 aromatic heterocycles. The molecule has 2 aromatic rings. The fourth-order valence-corrected chi connectivity index (χ4v) is 3.86. The lowest BCUT2D eigenvalue weighted by Gasteiger charge is -2.33. The summed E-state index contributed by atoms with van der Waals surface area (Å²) in [7, 11) is 0. The fourth-order valence-electron chi connectivity index (χ4n) is 3.60. The Kier molecular flexibility index (Phi) is 5.13. The van der Waals surface area contributed by atoms with Gasteiger partial charge in [0.25, 0.3) is 0 Å². The maximum atomic E-state index is 12.7. The number of nitrogens with zero attached hydrogens (tertiary/aromatic N) is 1. The van der Waals surface area contributed by atoms with Crippen molar-refractivity contribution >= 4 is 22.0 Å². The van der Waals surface area contributed by atoms with Crippen LogP contribution in [0.4, 0.5) is 4.79 Å². The number of amides is 1. The molecular weight excluding hydrogens is 394 g/mol. The molecule has 1 saturated heterocycles. The first-order valence-electron chi connectivity index (χ1n) is 8.73. The van der Waals surface area contributed by atoms with Gasteiger partial charge in [-0.2, -0.15) is 0 Å². The lowest BCUT2D eigenvalue weighted by Crippen LogP contribution is -2.39. The van der Waals surface area contributed by atoms with Crippen LogP contribution < -0.4 is 0 Å². The van der Waals surface area contributed by atoms with Crippen molar-refractivity contribution in [1.82, 2.24) is 4.90 Å². The molecule has 0 spiro atoms. The summed E-state index contributed by atoms with van der Waals surface area (Å²) in [5, 5.41) is 10.4. The molecule has 0 radical (unpaired) electrons. The normalized spacial score (nSPS) is 21.6. The molecule has 2 aromatic carbocycles. The number of hydrogen-bond donors (Lipinski definition) is 1. The van der Waals surface area contributed by atoms with Crippen LogP contribution in [0.25, 0.3) is 0 Å². The predicted molar refractivity (Wildman–Crippen MR) is 105 cm³/mol.